The zero-order valence-electron chi connectivity index (χ0n) is 6.72. The van der Waals surface area contributed by atoms with E-state index in [9.17, 15) is 13.6 Å². The monoisotopic (exact) mass is 178 g/mol. The molecule has 3 nitrogen and oxygen atoms in total. The maximum Gasteiger partial charge on any atom is 0.267 e. The van der Waals surface area contributed by atoms with E-state index in [4.69, 9.17) is 5.73 Å². The smallest absolute Gasteiger partial charge is 0.267 e. The molecule has 0 radical (unpaired) electrons. The number of nitrogens with two attached hydrogens (primary N) is 1. The number of rotatable bonds is 2. The molecular weight excluding hydrogens is 166 g/mol. The fraction of sp³-hybridized carbons (Fsp3) is 0.857. The topological polar surface area (TPSA) is 46.3 Å². The number of hydrogen-bond donors (Lipinski definition) is 1. The van der Waals surface area contributed by atoms with Crippen LogP contribution in [0.15, 0.2) is 0 Å². The molecule has 0 spiro atoms. The molecule has 1 saturated heterocycles. The van der Waals surface area contributed by atoms with Crippen LogP contribution in [0.3, 0.4) is 0 Å². The molecule has 0 unspecified atom stereocenters. The minimum Gasteiger partial charge on any atom is -0.336 e. The van der Waals surface area contributed by atoms with Crippen molar-refractivity contribution >= 4 is 5.91 Å². The molecule has 1 rings (SSSR count). The Labute approximate surface area is 69.5 Å². The average molecular weight is 178 g/mol. The number of alkyl halides is 2. The Hall–Kier alpha value is -0.710. The van der Waals surface area contributed by atoms with Crippen molar-refractivity contribution in [2.45, 2.75) is 18.8 Å². The molecule has 1 aliphatic heterocycles. The van der Waals surface area contributed by atoms with Crippen LogP contribution in [0.4, 0.5) is 8.78 Å². The van der Waals surface area contributed by atoms with E-state index in [1.165, 1.54) is 4.90 Å². The molecule has 0 atom stereocenters. The third-order valence-corrected chi connectivity index (χ3v) is 1.88. The van der Waals surface area contributed by atoms with Gasteiger partial charge >= 0.3 is 0 Å². The number of halogens is 2. The van der Waals surface area contributed by atoms with Crippen molar-refractivity contribution in [2.24, 2.45) is 5.73 Å². The second kappa shape index (κ2) is 3.35. The standard InChI is InChI=1S/C7H12F2N2O/c8-7(9)2-4-11(5-7)6(12)1-3-10/h1-5,10H2. The summed E-state index contributed by atoms with van der Waals surface area (Å²) in [7, 11) is 0. The molecule has 0 aromatic heterocycles. The molecule has 0 aliphatic carbocycles. The zero-order chi connectivity index (χ0) is 9.19. The quantitative estimate of drug-likeness (QED) is 0.656. The van der Waals surface area contributed by atoms with E-state index in [0.717, 1.165) is 0 Å². The highest BCUT2D eigenvalue weighted by molar-refractivity contribution is 5.76. The van der Waals surface area contributed by atoms with Crippen LogP contribution < -0.4 is 5.73 Å². The Bertz CT molecular complexity index is 184. The second-order valence-corrected chi connectivity index (χ2v) is 2.96. The lowest BCUT2D eigenvalue weighted by atomic mass is 10.3. The van der Waals surface area contributed by atoms with Gasteiger partial charge in [-0.25, -0.2) is 8.78 Å². The predicted molar refractivity (Wildman–Crippen MR) is 39.8 cm³/mol. The summed E-state index contributed by atoms with van der Waals surface area (Å²) < 4.78 is 25.1. The van der Waals surface area contributed by atoms with Crippen molar-refractivity contribution in [1.82, 2.24) is 4.90 Å². The summed E-state index contributed by atoms with van der Waals surface area (Å²) in [6, 6.07) is 0. The largest absolute Gasteiger partial charge is 0.336 e. The van der Waals surface area contributed by atoms with Gasteiger partial charge in [0.1, 0.15) is 0 Å². The number of hydrogen-bond acceptors (Lipinski definition) is 2. The summed E-state index contributed by atoms with van der Waals surface area (Å²) in [6.07, 6.45) is -0.0562. The number of carbonyl (C=O) groups excluding carboxylic acids is 1. The molecular formula is C7H12F2N2O. The summed E-state index contributed by atoms with van der Waals surface area (Å²) in [5, 5.41) is 0. The number of nitrogens with zero attached hydrogens (tertiary/aromatic N) is 1. The first-order valence-electron chi connectivity index (χ1n) is 3.91. The number of amides is 1. The van der Waals surface area contributed by atoms with Crippen molar-refractivity contribution in [3.05, 3.63) is 0 Å². The van der Waals surface area contributed by atoms with E-state index >= 15 is 0 Å². The molecule has 0 bridgehead atoms. The number of likely N-dealkylation sites (tertiary alicyclic amines) is 1. The maximum absolute atomic E-state index is 12.6. The van der Waals surface area contributed by atoms with Crippen LogP contribution in [0.1, 0.15) is 12.8 Å². The Morgan fingerprint density at radius 2 is 2.25 bits per heavy atom. The molecule has 70 valence electrons. The predicted octanol–water partition coefficient (Wildman–Crippen LogP) is 0.203. The normalized spacial score (nSPS) is 21.4. The van der Waals surface area contributed by atoms with Gasteiger partial charge in [-0.2, -0.15) is 0 Å². The summed E-state index contributed by atoms with van der Waals surface area (Å²) in [5.74, 6) is -2.96. The first-order valence-corrected chi connectivity index (χ1v) is 3.91. The molecule has 2 N–H and O–H groups in total. The minimum absolute atomic E-state index is 0.159. The van der Waals surface area contributed by atoms with Gasteiger partial charge in [-0.05, 0) is 0 Å². The zero-order valence-corrected chi connectivity index (χ0v) is 6.72. The van der Waals surface area contributed by atoms with E-state index < -0.39 is 12.5 Å². The van der Waals surface area contributed by atoms with Gasteiger partial charge < -0.3 is 10.6 Å². The molecule has 0 aromatic carbocycles. The summed E-state index contributed by atoms with van der Waals surface area (Å²) in [4.78, 5) is 12.2. The van der Waals surface area contributed by atoms with Gasteiger partial charge in [-0.3, -0.25) is 4.79 Å². The maximum atomic E-state index is 12.6. The Morgan fingerprint density at radius 1 is 1.58 bits per heavy atom. The van der Waals surface area contributed by atoms with E-state index in [1.54, 1.807) is 0 Å². The fourth-order valence-electron chi connectivity index (χ4n) is 1.23. The second-order valence-electron chi connectivity index (χ2n) is 2.96. The van der Waals surface area contributed by atoms with Crippen molar-refractivity contribution in [2.75, 3.05) is 19.6 Å². The van der Waals surface area contributed by atoms with Crippen LogP contribution >= 0.6 is 0 Å². The van der Waals surface area contributed by atoms with E-state index in [-0.39, 0.29) is 31.8 Å². The van der Waals surface area contributed by atoms with Gasteiger partial charge in [0.25, 0.3) is 5.92 Å². The van der Waals surface area contributed by atoms with Crippen LogP contribution in [0.2, 0.25) is 0 Å². The van der Waals surface area contributed by atoms with Crippen LogP contribution in [0.25, 0.3) is 0 Å². The lowest BCUT2D eigenvalue weighted by Gasteiger charge is -2.14. The molecule has 1 heterocycles. The van der Waals surface area contributed by atoms with E-state index in [0.29, 0.717) is 0 Å². The Kier molecular flexibility index (Phi) is 2.62. The van der Waals surface area contributed by atoms with Gasteiger partial charge in [0.05, 0.1) is 6.54 Å². The van der Waals surface area contributed by atoms with E-state index in [2.05, 4.69) is 0 Å². The first-order chi connectivity index (χ1) is 5.55. The Balaban J connectivity index is 2.41. The van der Waals surface area contributed by atoms with Gasteiger partial charge in [0.15, 0.2) is 0 Å². The summed E-state index contributed by atoms with van der Waals surface area (Å²) in [6.45, 7) is -0.0570. The third kappa shape index (κ3) is 2.14. The molecule has 5 heteroatoms. The van der Waals surface area contributed by atoms with Crippen LogP contribution in [0, 0.1) is 0 Å². The highest BCUT2D eigenvalue weighted by Crippen LogP contribution is 2.26. The van der Waals surface area contributed by atoms with Gasteiger partial charge in [0.2, 0.25) is 5.91 Å². The Morgan fingerprint density at radius 3 is 2.67 bits per heavy atom. The summed E-state index contributed by atoms with van der Waals surface area (Å²) >= 11 is 0. The lowest BCUT2D eigenvalue weighted by Crippen LogP contribution is -2.32. The van der Waals surface area contributed by atoms with Crippen LogP contribution in [-0.4, -0.2) is 36.4 Å². The first kappa shape index (κ1) is 9.38. The van der Waals surface area contributed by atoms with Gasteiger partial charge in [0, 0.05) is 25.9 Å². The van der Waals surface area contributed by atoms with Crippen molar-refractivity contribution in [1.29, 1.82) is 0 Å². The van der Waals surface area contributed by atoms with Crippen LogP contribution in [0.5, 0.6) is 0 Å². The molecule has 1 aliphatic rings. The van der Waals surface area contributed by atoms with Gasteiger partial charge in [-0.15, -0.1) is 0 Å². The van der Waals surface area contributed by atoms with Gasteiger partial charge in [-0.1, -0.05) is 0 Å². The SMILES string of the molecule is NCCC(=O)N1CCC(F)(F)C1. The third-order valence-electron chi connectivity index (χ3n) is 1.88. The lowest BCUT2D eigenvalue weighted by molar-refractivity contribution is -0.131. The highest BCUT2D eigenvalue weighted by atomic mass is 19.3. The van der Waals surface area contributed by atoms with E-state index in [1.807, 2.05) is 0 Å². The fourth-order valence-corrected chi connectivity index (χ4v) is 1.23. The minimum atomic E-state index is -2.69. The average Bonchev–Trinajstić information content (AvgIpc) is 2.31. The number of carbonyl (C=O) groups is 1. The molecule has 1 amide bonds. The molecule has 0 saturated carbocycles. The molecule has 12 heavy (non-hydrogen) atoms. The summed E-state index contributed by atoms with van der Waals surface area (Å²) in [5.41, 5.74) is 5.13. The highest BCUT2D eigenvalue weighted by Gasteiger charge is 2.39. The molecule has 1 fully saturated rings. The van der Waals surface area contributed by atoms with Crippen molar-refractivity contribution in [3.63, 3.8) is 0 Å². The van der Waals surface area contributed by atoms with Crippen molar-refractivity contribution < 1.29 is 13.6 Å². The molecule has 0 aromatic rings. The van der Waals surface area contributed by atoms with Crippen molar-refractivity contribution in [3.8, 4) is 0 Å². The van der Waals surface area contributed by atoms with Crippen LogP contribution in [-0.2, 0) is 4.79 Å².